The van der Waals surface area contributed by atoms with Crippen molar-refractivity contribution < 1.29 is 19.5 Å². The Hall–Kier alpha value is -1.63. The Kier molecular flexibility index (Phi) is 1.31. The number of carbonyl (C=O) groups is 3. The molecule has 1 rings (SSSR count). The van der Waals surface area contributed by atoms with E-state index in [-0.39, 0.29) is 0 Å². The maximum atomic E-state index is 10.6. The maximum Gasteiger partial charge on any atom is 0.324 e. The van der Waals surface area contributed by atoms with E-state index in [1.54, 1.807) is 10.6 Å². The SMILES string of the molecule is NC(=O)C1(O)NC(=O)NC1=O. The molecule has 0 aliphatic carbocycles. The number of nitrogens with two attached hydrogens (primary N) is 1. The highest BCUT2D eigenvalue weighted by molar-refractivity contribution is 6.18. The highest BCUT2D eigenvalue weighted by Crippen LogP contribution is 2.03. The van der Waals surface area contributed by atoms with Crippen molar-refractivity contribution in [1.82, 2.24) is 10.6 Å². The minimum absolute atomic E-state index is 0.948. The van der Waals surface area contributed by atoms with Gasteiger partial charge in [0.05, 0.1) is 0 Å². The van der Waals surface area contributed by atoms with Crippen LogP contribution in [0.15, 0.2) is 0 Å². The highest BCUT2D eigenvalue weighted by Gasteiger charge is 2.50. The van der Waals surface area contributed by atoms with Gasteiger partial charge in [-0.2, -0.15) is 0 Å². The lowest BCUT2D eigenvalue weighted by atomic mass is 10.2. The Bertz CT molecular complexity index is 250. The summed E-state index contributed by atoms with van der Waals surface area (Å²) in [6, 6.07) is -0.948. The molecule has 1 aliphatic rings. The molecule has 1 saturated heterocycles. The third-order valence-corrected chi connectivity index (χ3v) is 1.21. The number of primary amides is 1. The van der Waals surface area contributed by atoms with Crippen LogP contribution in [0.5, 0.6) is 0 Å². The van der Waals surface area contributed by atoms with Gasteiger partial charge in [0.1, 0.15) is 0 Å². The molecule has 1 fully saturated rings. The number of nitrogens with one attached hydrogen (secondary N) is 2. The predicted octanol–water partition coefficient (Wildman–Crippen LogP) is -3.00. The summed E-state index contributed by atoms with van der Waals surface area (Å²) < 4.78 is 0. The minimum Gasteiger partial charge on any atom is -0.365 e. The summed E-state index contributed by atoms with van der Waals surface area (Å²) >= 11 is 0. The van der Waals surface area contributed by atoms with Crippen molar-refractivity contribution in [3.05, 3.63) is 0 Å². The number of hydrogen-bond acceptors (Lipinski definition) is 4. The van der Waals surface area contributed by atoms with Crippen molar-refractivity contribution in [2.75, 3.05) is 0 Å². The summed E-state index contributed by atoms with van der Waals surface area (Å²) in [6.07, 6.45) is 0. The second-order valence-corrected chi connectivity index (χ2v) is 1.98. The second-order valence-electron chi connectivity index (χ2n) is 1.98. The number of rotatable bonds is 1. The molecule has 0 aromatic rings. The first kappa shape index (κ1) is 7.48. The van der Waals surface area contributed by atoms with Gasteiger partial charge >= 0.3 is 11.8 Å². The van der Waals surface area contributed by atoms with E-state index in [0.717, 1.165) is 0 Å². The van der Waals surface area contributed by atoms with Gasteiger partial charge in [-0.25, -0.2) is 4.79 Å². The largest absolute Gasteiger partial charge is 0.365 e. The fourth-order valence-electron chi connectivity index (χ4n) is 0.619. The molecule has 11 heavy (non-hydrogen) atoms. The van der Waals surface area contributed by atoms with E-state index in [9.17, 15) is 14.4 Å². The quantitative estimate of drug-likeness (QED) is 0.240. The second kappa shape index (κ2) is 1.92. The smallest absolute Gasteiger partial charge is 0.324 e. The molecule has 1 atom stereocenters. The van der Waals surface area contributed by atoms with Gasteiger partial charge in [0.25, 0.3) is 11.8 Å². The first-order valence-corrected chi connectivity index (χ1v) is 2.62. The Balaban J connectivity index is 2.96. The lowest BCUT2D eigenvalue weighted by molar-refractivity contribution is -0.150. The van der Waals surface area contributed by atoms with Gasteiger partial charge < -0.3 is 10.8 Å². The fourth-order valence-corrected chi connectivity index (χ4v) is 0.619. The lowest BCUT2D eigenvalue weighted by Crippen LogP contribution is -2.57. The predicted molar refractivity (Wildman–Crippen MR) is 30.8 cm³/mol. The third-order valence-electron chi connectivity index (χ3n) is 1.21. The van der Waals surface area contributed by atoms with Crippen LogP contribution in [-0.2, 0) is 9.59 Å². The van der Waals surface area contributed by atoms with Gasteiger partial charge in [-0.3, -0.25) is 20.2 Å². The molecule has 4 amide bonds. The number of amides is 4. The molecule has 1 unspecified atom stereocenters. The number of hydrogen-bond donors (Lipinski definition) is 4. The topological polar surface area (TPSA) is 122 Å². The molecule has 0 spiro atoms. The van der Waals surface area contributed by atoms with Gasteiger partial charge in [-0.1, -0.05) is 0 Å². The zero-order valence-electron chi connectivity index (χ0n) is 5.25. The first-order chi connectivity index (χ1) is 4.97. The van der Waals surface area contributed by atoms with Crippen LogP contribution in [0.1, 0.15) is 0 Å². The summed E-state index contributed by atoms with van der Waals surface area (Å²) in [5, 5.41) is 12.3. The average molecular weight is 159 g/mol. The summed E-state index contributed by atoms with van der Waals surface area (Å²) in [5.74, 6) is -2.48. The Morgan fingerprint density at radius 3 is 2.27 bits per heavy atom. The molecule has 60 valence electrons. The molecule has 0 radical (unpaired) electrons. The average Bonchev–Trinajstić information content (AvgIpc) is 2.08. The molecular weight excluding hydrogens is 154 g/mol. The molecule has 0 aromatic heterocycles. The van der Waals surface area contributed by atoms with Crippen molar-refractivity contribution in [3.8, 4) is 0 Å². The van der Waals surface area contributed by atoms with Gasteiger partial charge in [0, 0.05) is 0 Å². The molecule has 5 N–H and O–H groups in total. The van der Waals surface area contributed by atoms with Crippen LogP contribution in [0.2, 0.25) is 0 Å². The number of imide groups is 1. The highest BCUT2D eigenvalue weighted by atomic mass is 16.3. The molecule has 7 heteroatoms. The number of urea groups is 1. The number of aliphatic hydroxyl groups is 1. The maximum absolute atomic E-state index is 10.6. The van der Waals surface area contributed by atoms with Crippen LogP contribution in [0, 0.1) is 0 Å². The standard InChI is InChI=1S/C4H5N3O4/c5-1(8)4(11)2(9)6-3(10)7-4/h11H,(H2,5,8)(H2,6,7,9,10). The van der Waals surface area contributed by atoms with Crippen LogP contribution in [0.4, 0.5) is 4.79 Å². The molecule has 0 aromatic carbocycles. The van der Waals surface area contributed by atoms with Gasteiger partial charge in [0.2, 0.25) is 0 Å². The van der Waals surface area contributed by atoms with E-state index in [0.29, 0.717) is 0 Å². The van der Waals surface area contributed by atoms with E-state index in [1.807, 2.05) is 0 Å². The number of carbonyl (C=O) groups excluding carboxylic acids is 3. The Morgan fingerprint density at radius 2 is 2.09 bits per heavy atom. The Morgan fingerprint density at radius 1 is 1.55 bits per heavy atom. The molecular formula is C4H5N3O4. The van der Waals surface area contributed by atoms with Crippen molar-refractivity contribution in [1.29, 1.82) is 0 Å². The first-order valence-electron chi connectivity index (χ1n) is 2.62. The fraction of sp³-hybridized carbons (Fsp3) is 0.250. The van der Waals surface area contributed by atoms with Gasteiger partial charge in [-0.05, 0) is 0 Å². The minimum atomic E-state index is -2.59. The monoisotopic (exact) mass is 159 g/mol. The van der Waals surface area contributed by atoms with Crippen molar-refractivity contribution in [3.63, 3.8) is 0 Å². The van der Waals surface area contributed by atoms with E-state index < -0.39 is 23.6 Å². The van der Waals surface area contributed by atoms with Crippen LogP contribution in [0.25, 0.3) is 0 Å². The molecule has 0 saturated carbocycles. The normalized spacial score (nSPS) is 29.5. The van der Waals surface area contributed by atoms with Crippen molar-refractivity contribution in [2.24, 2.45) is 5.73 Å². The van der Waals surface area contributed by atoms with Crippen LogP contribution >= 0.6 is 0 Å². The molecule has 1 aliphatic heterocycles. The van der Waals surface area contributed by atoms with Crippen LogP contribution < -0.4 is 16.4 Å². The van der Waals surface area contributed by atoms with Crippen molar-refractivity contribution >= 4 is 17.8 Å². The van der Waals surface area contributed by atoms with E-state index >= 15 is 0 Å². The Labute approximate surface area is 60.5 Å². The molecule has 7 nitrogen and oxygen atoms in total. The summed E-state index contributed by atoms with van der Waals surface area (Å²) in [5.41, 5.74) is 2.03. The van der Waals surface area contributed by atoms with Crippen LogP contribution in [0.3, 0.4) is 0 Å². The third kappa shape index (κ3) is 0.905. The summed E-state index contributed by atoms with van der Waals surface area (Å²) in [7, 11) is 0. The van der Waals surface area contributed by atoms with E-state index in [2.05, 4.69) is 5.73 Å². The van der Waals surface area contributed by atoms with E-state index in [1.165, 1.54) is 0 Å². The molecule has 0 bridgehead atoms. The molecule has 1 heterocycles. The zero-order chi connectivity index (χ0) is 8.65. The van der Waals surface area contributed by atoms with Gasteiger partial charge in [0.15, 0.2) is 0 Å². The summed E-state index contributed by atoms with van der Waals surface area (Å²) in [6.45, 7) is 0. The van der Waals surface area contributed by atoms with Gasteiger partial charge in [-0.15, -0.1) is 0 Å². The zero-order valence-corrected chi connectivity index (χ0v) is 5.25. The lowest BCUT2D eigenvalue weighted by Gasteiger charge is -2.12. The summed E-state index contributed by atoms with van der Waals surface area (Å²) in [4.78, 5) is 31.3. The van der Waals surface area contributed by atoms with Crippen LogP contribution in [-0.4, -0.2) is 28.7 Å². The van der Waals surface area contributed by atoms with E-state index in [4.69, 9.17) is 5.11 Å². The van der Waals surface area contributed by atoms with Crippen molar-refractivity contribution in [2.45, 2.75) is 5.72 Å².